The van der Waals surface area contributed by atoms with Crippen molar-refractivity contribution < 1.29 is 0 Å². The van der Waals surface area contributed by atoms with Crippen LogP contribution in [0.1, 0.15) is 16.7 Å². The number of fused-ring (bicyclic) bond motifs is 1. The molecule has 102 valence electrons. The Bertz CT molecular complexity index is 811. The number of H-pyrrole nitrogens is 1. The van der Waals surface area contributed by atoms with Gasteiger partial charge in [0, 0.05) is 6.54 Å². The van der Waals surface area contributed by atoms with Crippen molar-refractivity contribution in [2.75, 3.05) is 0 Å². The van der Waals surface area contributed by atoms with Gasteiger partial charge in [0.15, 0.2) is 4.77 Å². The molecule has 0 amide bonds. The predicted octanol–water partition coefficient (Wildman–Crippen LogP) is 4.56. The van der Waals surface area contributed by atoms with E-state index in [1.165, 1.54) is 22.2 Å². The number of aromatic nitrogens is 2. The first kappa shape index (κ1) is 13.1. The molecule has 3 rings (SSSR count). The summed E-state index contributed by atoms with van der Waals surface area (Å²) in [7, 11) is 0. The molecule has 2 aromatic carbocycles. The van der Waals surface area contributed by atoms with Crippen molar-refractivity contribution in [2.24, 2.45) is 0 Å². The van der Waals surface area contributed by atoms with Crippen LogP contribution in [0.5, 0.6) is 0 Å². The Kier molecular flexibility index (Phi) is 3.45. The first-order valence-corrected chi connectivity index (χ1v) is 7.29. The molecular weight excluding hydrogens is 264 g/mol. The second kappa shape index (κ2) is 5.25. The van der Waals surface area contributed by atoms with Crippen LogP contribution in [0.2, 0.25) is 0 Å². The zero-order valence-electron chi connectivity index (χ0n) is 11.8. The summed E-state index contributed by atoms with van der Waals surface area (Å²) < 4.78 is 2.99. The van der Waals surface area contributed by atoms with Crippen LogP contribution < -0.4 is 0 Å². The van der Waals surface area contributed by atoms with Gasteiger partial charge < -0.3 is 9.55 Å². The van der Waals surface area contributed by atoms with Crippen LogP contribution in [0.4, 0.5) is 0 Å². The smallest absolute Gasteiger partial charge is 0.178 e. The van der Waals surface area contributed by atoms with Crippen LogP contribution >= 0.6 is 12.2 Å². The number of nitrogens with zero attached hydrogens (tertiary/aromatic N) is 1. The highest BCUT2D eigenvalue weighted by molar-refractivity contribution is 7.71. The van der Waals surface area contributed by atoms with Crippen LogP contribution in [0.3, 0.4) is 0 Å². The van der Waals surface area contributed by atoms with E-state index in [1.54, 1.807) is 0 Å². The van der Waals surface area contributed by atoms with E-state index in [4.69, 9.17) is 12.2 Å². The van der Waals surface area contributed by atoms with E-state index in [0.717, 1.165) is 23.3 Å². The first-order valence-electron chi connectivity index (χ1n) is 6.88. The van der Waals surface area contributed by atoms with Crippen LogP contribution in [-0.2, 0) is 13.0 Å². The monoisotopic (exact) mass is 282 g/mol. The van der Waals surface area contributed by atoms with Gasteiger partial charge in [-0.25, -0.2) is 0 Å². The minimum atomic E-state index is 0.804. The summed E-state index contributed by atoms with van der Waals surface area (Å²) in [6.07, 6.45) is 0.997. The number of aryl methyl sites for hydroxylation is 4. The molecule has 0 aliphatic heterocycles. The maximum atomic E-state index is 5.44. The van der Waals surface area contributed by atoms with Gasteiger partial charge in [0.25, 0.3) is 0 Å². The van der Waals surface area contributed by atoms with Gasteiger partial charge in [0.1, 0.15) is 0 Å². The lowest BCUT2D eigenvalue weighted by Gasteiger charge is -2.06. The lowest BCUT2D eigenvalue weighted by atomic mass is 10.1. The molecule has 0 radical (unpaired) electrons. The van der Waals surface area contributed by atoms with Crippen molar-refractivity contribution in [1.29, 1.82) is 0 Å². The van der Waals surface area contributed by atoms with Crippen molar-refractivity contribution in [2.45, 2.75) is 26.8 Å². The summed E-state index contributed by atoms with van der Waals surface area (Å²) in [5.74, 6) is 0. The predicted molar refractivity (Wildman–Crippen MR) is 86.7 cm³/mol. The average molecular weight is 282 g/mol. The summed E-state index contributed by atoms with van der Waals surface area (Å²) in [6.45, 7) is 5.13. The van der Waals surface area contributed by atoms with E-state index in [2.05, 4.69) is 65.9 Å². The van der Waals surface area contributed by atoms with Gasteiger partial charge in [0.2, 0.25) is 0 Å². The number of hydrogen-bond acceptors (Lipinski definition) is 1. The molecule has 0 bridgehead atoms. The fourth-order valence-corrected chi connectivity index (χ4v) is 2.91. The minimum absolute atomic E-state index is 0.804. The molecule has 1 heterocycles. The molecule has 0 atom stereocenters. The quantitative estimate of drug-likeness (QED) is 0.698. The van der Waals surface area contributed by atoms with E-state index in [-0.39, 0.29) is 0 Å². The molecule has 20 heavy (non-hydrogen) atoms. The van der Waals surface area contributed by atoms with Crippen LogP contribution in [-0.4, -0.2) is 9.55 Å². The van der Waals surface area contributed by atoms with Gasteiger partial charge in [0.05, 0.1) is 11.0 Å². The van der Waals surface area contributed by atoms with Gasteiger partial charge >= 0.3 is 0 Å². The summed E-state index contributed by atoms with van der Waals surface area (Å²) >= 11 is 5.44. The zero-order chi connectivity index (χ0) is 14.1. The van der Waals surface area contributed by atoms with E-state index < -0.39 is 0 Å². The second-order valence-corrected chi connectivity index (χ2v) is 5.73. The summed E-state index contributed by atoms with van der Waals surface area (Å²) in [5, 5.41) is 0. The van der Waals surface area contributed by atoms with Crippen molar-refractivity contribution in [3.8, 4) is 0 Å². The Labute approximate surface area is 124 Å². The Hall–Kier alpha value is -1.87. The number of rotatable bonds is 3. The van der Waals surface area contributed by atoms with E-state index in [1.807, 2.05) is 0 Å². The summed E-state index contributed by atoms with van der Waals surface area (Å²) in [4.78, 5) is 3.29. The molecule has 0 saturated carbocycles. The summed E-state index contributed by atoms with van der Waals surface area (Å²) in [5.41, 5.74) is 6.22. The first-order chi connectivity index (χ1) is 9.63. The maximum Gasteiger partial charge on any atom is 0.178 e. The Morgan fingerprint density at radius 3 is 2.65 bits per heavy atom. The van der Waals surface area contributed by atoms with Crippen LogP contribution in [0.25, 0.3) is 11.0 Å². The highest BCUT2D eigenvalue weighted by Crippen LogP contribution is 2.17. The van der Waals surface area contributed by atoms with Crippen LogP contribution in [0.15, 0.2) is 42.5 Å². The average Bonchev–Trinajstić information content (AvgIpc) is 2.71. The van der Waals surface area contributed by atoms with E-state index in [0.29, 0.717) is 0 Å². The number of nitrogens with one attached hydrogen (secondary N) is 1. The number of hydrogen-bond donors (Lipinski definition) is 1. The van der Waals surface area contributed by atoms with Crippen molar-refractivity contribution in [3.05, 3.63) is 63.9 Å². The molecule has 3 aromatic rings. The minimum Gasteiger partial charge on any atom is -0.331 e. The molecule has 1 aromatic heterocycles. The van der Waals surface area contributed by atoms with Gasteiger partial charge in [-0.3, -0.25) is 0 Å². The third kappa shape index (κ3) is 2.54. The standard InChI is InChI=1S/C17H18N2S/c1-12-4-3-5-14(10-12)8-9-19-16-7-6-13(2)11-15(16)18-17(19)20/h3-7,10-11H,8-9H2,1-2H3,(H,18,20). The lowest BCUT2D eigenvalue weighted by molar-refractivity contribution is 0.706. The normalized spacial score (nSPS) is 11.1. The number of aromatic amines is 1. The van der Waals surface area contributed by atoms with Crippen LogP contribution in [0, 0.1) is 18.6 Å². The molecular formula is C17H18N2S. The Morgan fingerprint density at radius 2 is 1.85 bits per heavy atom. The van der Waals surface area contributed by atoms with Gasteiger partial charge in [-0.1, -0.05) is 35.9 Å². The Balaban J connectivity index is 1.91. The third-order valence-electron chi connectivity index (χ3n) is 3.64. The number of imidazole rings is 1. The largest absolute Gasteiger partial charge is 0.331 e. The summed E-state index contributed by atoms with van der Waals surface area (Å²) in [6, 6.07) is 15.1. The SMILES string of the molecule is Cc1cccc(CCn2c(=S)[nH]c3cc(C)ccc32)c1. The van der Waals surface area contributed by atoms with Gasteiger partial charge in [-0.2, -0.15) is 0 Å². The third-order valence-corrected chi connectivity index (χ3v) is 3.96. The van der Waals surface area contributed by atoms with Crippen molar-refractivity contribution in [1.82, 2.24) is 9.55 Å². The van der Waals surface area contributed by atoms with E-state index >= 15 is 0 Å². The van der Waals surface area contributed by atoms with Gasteiger partial charge in [-0.05, 0) is 55.7 Å². The highest BCUT2D eigenvalue weighted by atomic mass is 32.1. The molecule has 0 unspecified atom stereocenters. The Morgan fingerprint density at radius 1 is 1.05 bits per heavy atom. The highest BCUT2D eigenvalue weighted by Gasteiger charge is 2.04. The fourth-order valence-electron chi connectivity index (χ4n) is 2.61. The zero-order valence-corrected chi connectivity index (χ0v) is 12.6. The second-order valence-electron chi connectivity index (χ2n) is 5.34. The maximum absolute atomic E-state index is 5.44. The molecule has 3 heteroatoms. The van der Waals surface area contributed by atoms with Crippen molar-refractivity contribution in [3.63, 3.8) is 0 Å². The molecule has 1 N–H and O–H groups in total. The lowest BCUT2D eigenvalue weighted by Crippen LogP contribution is -2.01. The molecule has 0 saturated heterocycles. The van der Waals surface area contributed by atoms with E-state index in [9.17, 15) is 0 Å². The molecule has 0 aliphatic rings. The molecule has 0 spiro atoms. The van der Waals surface area contributed by atoms with Crippen molar-refractivity contribution >= 4 is 23.3 Å². The topological polar surface area (TPSA) is 20.7 Å². The number of benzene rings is 2. The molecule has 0 fully saturated rings. The fraction of sp³-hybridized carbons (Fsp3) is 0.235. The molecule has 0 aliphatic carbocycles. The molecule has 2 nitrogen and oxygen atoms in total. The van der Waals surface area contributed by atoms with Gasteiger partial charge in [-0.15, -0.1) is 0 Å².